The molecule has 126 valence electrons. The number of hydrogen-bond acceptors (Lipinski definition) is 4. The fourth-order valence-corrected chi connectivity index (χ4v) is 2.49. The molecular formula is C14H19BCl2N2O4. The standard InChI is InChI=1S/C14H19BCl2N2O4/c1-8(2)3-12(15(22)23)19-13(20)7-18-14(21)9-4-10(16)6-11(17)5-9/h4-6,8,12,22-23H,3,7H2,1-2H3,(H,18,21)(H,19,20)/t12-/m0/s1. The van der Waals surface area contributed by atoms with Gasteiger partial charge in [0, 0.05) is 15.6 Å². The van der Waals surface area contributed by atoms with Crippen molar-refractivity contribution in [2.45, 2.75) is 26.2 Å². The van der Waals surface area contributed by atoms with Gasteiger partial charge < -0.3 is 20.7 Å². The summed E-state index contributed by atoms with van der Waals surface area (Å²) in [5, 5.41) is 24.0. The number of benzene rings is 1. The maximum Gasteiger partial charge on any atom is 0.475 e. The number of carbonyl (C=O) groups is 2. The van der Waals surface area contributed by atoms with Gasteiger partial charge in [-0.1, -0.05) is 37.0 Å². The summed E-state index contributed by atoms with van der Waals surface area (Å²) in [4.78, 5) is 23.8. The van der Waals surface area contributed by atoms with Gasteiger partial charge in [0.2, 0.25) is 5.91 Å². The second-order valence-corrected chi connectivity index (χ2v) is 6.43. The molecule has 0 aliphatic heterocycles. The van der Waals surface area contributed by atoms with Crippen LogP contribution in [0.2, 0.25) is 10.0 Å². The van der Waals surface area contributed by atoms with Crippen LogP contribution in [0.25, 0.3) is 0 Å². The molecule has 0 aromatic heterocycles. The predicted molar refractivity (Wildman–Crippen MR) is 90.4 cm³/mol. The summed E-state index contributed by atoms with van der Waals surface area (Å²) in [7, 11) is -1.66. The Bertz CT molecular complexity index is 549. The van der Waals surface area contributed by atoms with Crippen LogP contribution in [0, 0.1) is 5.92 Å². The molecule has 0 aliphatic carbocycles. The number of rotatable bonds is 7. The molecule has 23 heavy (non-hydrogen) atoms. The average molecular weight is 361 g/mol. The monoisotopic (exact) mass is 360 g/mol. The van der Waals surface area contributed by atoms with Crippen molar-refractivity contribution in [1.29, 1.82) is 0 Å². The molecule has 2 amide bonds. The van der Waals surface area contributed by atoms with Crippen molar-refractivity contribution in [3.05, 3.63) is 33.8 Å². The number of nitrogens with one attached hydrogen (secondary N) is 2. The van der Waals surface area contributed by atoms with E-state index >= 15 is 0 Å². The zero-order valence-corrected chi connectivity index (χ0v) is 14.4. The Morgan fingerprint density at radius 1 is 1.17 bits per heavy atom. The summed E-state index contributed by atoms with van der Waals surface area (Å²) in [5.74, 6) is -1.65. The van der Waals surface area contributed by atoms with Crippen molar-refractivity contribution in [2.24, 2.45) is 5.92 Å². The van der Waals surface area contributed by atoms with Crippen LogP contribution in [-0.4, -0.2) is 41.5 Å². The highest BCUT2D eigenvalue weighted by molar-refractivity contribution is 6.43. The van der Waals surface area contributed by atoms with Crippen LogP contribution in [0.1, 0.15) is 30.6 Å². The van der Waals surface area contributed by atoms with E-state index in [9.17, 15) is 19.6 Å². The summed E-state index contributed by atoms with van der Waals surface area (Å²) in [5.41, 5.74) is 0.233. The first-order valence-corrected chi connectivity index (χ1v) is 7.84. The summed E-state index contributed by atoms with van der Waals surface area (Å²) in [6, 6.07) is 4.35. The lowest BCUT2D eigenvalue weighted by molar-refractivity contribution is -0.120. The molecule has 0 aliphatic rings. The van der Waals surface area contributed by atoms with Crippen molar-refractivity contribution < 1.29 is 19.6 Å². The zero-order chi connectivity index (χ0) is 17.6. The van der Waals surface area contributed by atoms with Crippen LogP contribution in [0.4, 0.5) is 0 Å². The Labute approximate surface area is 145 Å². The predicted octanol–water partition coefficient (Wildman–Crippen LogP) is 1.27. The summed E-state index contributed by atoms with van der Waals surface area (Å²) < 4.78 is 0. The van der Waals surface area contributed by atoms with Gasteiger partial charge in [0.25, 0.3) is 5.91 Å². The lowest BCUT2D eigenvalue weighted by Gasteiger charge is -2.19. The lowest BCUT2D eigenvalue weighted by atomic mass is 9.75. The van der Waals surface area contributed by atoms with Crippen LogP contribution in [-0.2, 0) is 4.79 Å². The van der Waals surface area contributed by atoms with Gasteiger partial charge in [0.15, 0.2) is 0 Å². The number of carbonyl (C=O) groups excluding carboxylic acids is 2. The summed E-state index contributed by atoms with van der Waals surface area (Å²) in [6.07, 6.45) is 0.404. The van der Waals surface area contributed by atoms with Crippen LogP contribution < -0.4 is 10.6 Å². The third-order valence-electron chi connectivity index (χ3n) is 2.97. The first-order chi connectivity index (χ1) is 10.7. The Morgan fingerprint density at radius 2 is 1.74 bits per heavy atom. The molecule has 0 radical (unpaired) electrons. The van der Waals surface area contributed by atoms with E-state index < -0.39 is 24.9 Å². The second kappa shape index (κ2) is 9.13. The summed E-state index contributed by atoms with van der Waals surface area (Å²) >= 11 is 11.6. The van der Waals surface area contributed by atoms with Gasteiger partial charge in [0.05, 0.1) is 12.5 Å². The smallest absolute Gasteiger partial charge is 0.426 e. The molecular weight excluding hydrogens is 342 g/mol. The van der Waals surface area contributed by atoms with Crippen molar-refractivity contribution in [3.63, 3.8) is 0 Å². The van der Waals surface area contributed by atoms with Gasteiger partial charge in [0.1, 0.15) is 0 Å². The molecule has 0 bridgehead atoms. The first kappa shape index (κ1) is 19.8. The van der Waals surface area contributed by atoms with Crippen molar-refractivity contribution in [1.82, 2.24) is 10.6 Å². The van der Waals surface area contributed by atoms with E-state index in [0.29, 0.717) is 16.5 Å². The molecule has 1 aromatic rings. The van der Waals surface area contributed by atoms with E-state index in [-0.39, 0.29) is 18.0 Å². The largest absolute Gasteiger partial charge is 0.475 e. The van der Waals surface area contributed by atoms with E-state index in [2.05, 4.69) is 10.6 Å². The highest BCUT2D eigenvalue weighted by Crippen LogP contribution is 2.18. The Hall–Kier alpha value is -1.28. The molecule has 1 atom stereocenters. The van der Waals surface area contributed by atoms with Gasteiger partial charge >= 0.3 is 7.12 Å². The Kier molecular flexibility index (Phi) is 7.84. The molecule has 0 fully saturated rings. The number of hydrogen-bond donors (Lipinski definition) is 4. The third-order valence-corrected chi connectivity index (χ3v) is 3.40. The van der Waals surface area contributed by atoms with Crippen LogP contribution in [0.15, 0.2) is 18.2 Å². The minimum atomic E-state index is -1.66. The molecule has 0 unspecified atom stereocenters. The SMILES string of the molecule is CC(C)C[C@H](NC(=O)CNC(=O)c1cc(Cl)cc(Cl)c1)B(O)O. The summed E-state index contributed by atoms with van der Waals surface area (Å²) in [6.45, 7) is 3.49. The molecule has 1 aromatic carbocycles. The third kappa shape index (κ3) is 7.22. The maximum absolute atomic E-state index is 11.9. The van der Waals surface area contributed by atoms with E-state index in [1.165, 1.54) is 18.2 Å². The molecule has 9 heteroatoms. The van der Waals surface area contributed by atoms with Gasteiger partial charge in [-0.2, -0.15) is 0 Å². The molecule has 0 spiro atoms. The zero-order valence-electron chi connectivity index (χ0n) is 12.8. The number of halogens is 2. The van der Waals surface area contributed by atoms with E-state index in [4.69, 9.17) is 23.2 Å². The molecule has 4 N–H and O–H groups in total. The second-order valence-electron chi connectivity index (χ2n) is 5.56. The maximum atomic E-state index is 11.9. The number of amides is 2. The Morgan fingerprint density at radius 3 is 2.22 bits per heavy atom. The van der Waals surface area contributed by atoms with E-state index in [1.54, 1.807) is 0 Å². The van der Waals surface area contributed by atoms with E-state index in [1.807, 2.05) is 13.8 Å². The van der Waals surface area contributed by atoms with Crippen molar-refractivity contribution in [2.75, 3.05) is 6.54 Å². The van der Waals surface area contributed by atoms with E-state index in [0.717, 1.165) is 0 Å². The lowest BCUT2D eigenvalue weighted by Crippen LogP contribution is -2.50. The topological polar surface area (TPSA) is 98.7 Å². The highest BCUT2D eigenvalue weighted by atomic mass is 35.5. The van der Waals surface area contributed by atoms with Gasteiger partial charge in [-0.25, -0.2) is 0 Å². The molecule has 0 heterocycles. The van der Waals surface area contributed by atoms with Crippen LogP contribution >= 0.6 is 23.2 Å². The molecule has 6 nitrogen and oxygen atoms in total. The minimum absolute atomic E-state index is 0.172. The highest BCUT2D eigenvalue weighted by Gasteiger charge is 2.26. The van der Waals surface area contributed by atoms with Gasteiger partial charge in [-0.3, -0.25) is 9.59 Å². The van der Waals surface area contributed by atoms with Crippen molar-refractivity contribution in [3.8, 4) is 0 Å². The van der Waals surface area contributed by atoms with Gasteiger partial charge in [-0.15, -0.1) is 0 Å². The molecule has 0 saturated heterocycles. The van der Waals surface area contributed by atoms with Crippen molar-refractivity contribution >= 4 is 42.1 Å². The quantitative estimate of drug-likeness (QED) is 0.550. The fraction of sp³-hybridized carbons (Fsp3) is 0.429. The average Bonchev–Trinajstić information content (AvgIpc) is 2.42. The van der Waals surface area contributed by atoms with Crippen LogP contribution in [0.3, 0.4) is 0 Å². The normalized spacial score (nSPS) is 12.0. The fourth-order valence-electron chi connectivity index (χ4n) is 1.97. The molecule has 0 saturated carbocycles. The van der Waals surface area contributed by atoms with Crippen LogP contribution in [0.5, 0.6) is 0 Å². The Balaban J connectivity index is 2.56. The van der Waals surface area contributed by atoms with Gasteiger partial charge in [-0.05, 0) is 30.5 Å². The first-order valence-electron chi connectivity index (χ1n) is 7.08. The molecule has 1 rings (SSSR count). The minimum Gasteiger partial charge on any atom is -0.426 e.